The van der Waals surface area contributed by atoms with Crippen molar-refractivity contribution in [3.63, 3.8) is 0 Å². The summed E-state index contributed by atoms with van der Waals surface area (Å²) in [7, 11) is 0. The highest BCUT2D eigenvalue weighted by Gasteiger charge is 2.40. The Morgan fingerprint density at radius 1 is 0.472 bits per heavy atom. The van der Waals surface area contributed by atoms with Crippen LogP contribution >= 0.6 is 0 Å². The second-order valence-electron chi connectivity index (χ2n) is 31.5. The van der Waals surface area contributed by atoms with Crippen molar-refractivity contribution in [3.8, 4) is 0 Å². The average Bonchev–Trinajstić information content (AvgIpc) is 1.73. The summed E-state index contributed by atoms with van der Waals surface area (Å²) in [6.07, 6.45) is 20.4. The molecule has 2 aromatic heterocycles. The normalized spacial score (nSPS) is 21.1. The number of urea groups is 2. The Bertz CT molecular complexity index is 4380. The number of carbonyl (C=O) groups excluding carboxylic acids is 7. The number of hydrogen-bond donors (Lipinski definition) is 5. The van der Waals surface area contributed by atoms with Crippen LogP contribution in [0.25, 0.3) is 34.0 Å². The molecule has 6 amide bonds. The van der Waals surface area contributed by atoms with Crippen LogP contribution in [0.4, 0.5) is 9.59 Å². The molecule has 6 saturated heterocycles. The summed E-state index contributed by atoms with van der Waals surface area (Å²) in [5, 5.41) is 48.5. The van der Waals surface area contributed by atoms with E-state index in [0.29, 0.717) is 140 Å². The quantitative estimate of drug-likeness (QED) is 0.0604. The number of aryl methyl sites for hydroxylation is 2. The molecule has 4 aromatic carbocycles. The van der Waals surface area contributed by atoms with Crippen LogP contribution in [0.5, 0.6) is 0 Å². The Balaban J connectivity index is 0.000000172. The Morgan fingerprint density at radius 2 is 0.852 bits per heavy atom. The van der Waals surface area contributed by atoms with Crippen LogP contribution in [-0.2, 0) is 54.5 Å². The van der Waals surface area contributed by atoms with E-state index in [4.69, 9.17) is 0 Å². The lowest BCUT2D eigenvalue weighted by atomic mass is 9.80. The number of carbonyl (C=O) groups is 8. The minimum Gasteiger partial charge on any atom is -0.477 e. The average molecular weight is 1460 g/mol. The SMILES string of the molecule is CC(=O)C1=NN=C(C2CCN(C3CCN(C(=O)[C@@H](Cc4cc(C)c5[nH]ncc5c4)NC(=O)N4CCC(C5=Cc6ccccc6CC5=O)CC4)CC3)CC2)C1.Cc1cc(C[C@@H](NC(=O)N2CCC(C3=Cc4ccccc4CC3=O)CC2)C(=O)N2CCC(N3CCC(C4=NN=C(C(=O)O)C4)CC3)CC2)cc2cn[nH]c12. The third-order valence-corrected chi connectivity index (χ3v) is 24.7. The molecule has 6 aromatic rings. The number of carboxylic acids is 1. The van der Waals surface area contributed by atoms with Gasteiger partial charge in [-0.15, -0.1) is 5.10 Å². The number of aromatic nitrogens is 4. The van der Waals surface area contributed by atoms with Gasteiger partial charge in [0.15, 0.2) is 23.1 Å². The smallest absolute Gasteiger partial charge is 0.352 e. The van der Waals surface area contributed by atoms with E-state index in [0.717, 1.165) is 166 Å². The third kappa shape index (κ3) is 16.3. The number of carboxylic acid groups (broad SMARTS) is 1. The minimum atomic E-state index is -0.998. The zero-order valence-corrected chi connectivity index (χ0v) is 62.1. The molecule has 25 heteroatoms. The predicted molar refractivity (Wildman–Crippen MR) is 414 cm³/mol. The van der Waals surface area contributed by atoms with Crippen molar-refractivity contribution >= 4 is 104 Å². The van der Waals surface area contributed by atoms with Crippen molar-refractivity contribution in [1.82, 2.24) is 60.4 Å². The monoisotopic (exact) mass is 1460 g/mol. The van der Waals surface area contributed by atoms with Crippen molar-refractivity contribution in [2.75, 3.05) is 78.5 Å². The van der Waals surface area contributed by atoms with E-state index in [9.17, 15) is 43.5 Å². The number of rotatable bonds is 16. The van der Waals surface area contributed by atoms with Crippen molar-refractivity contribution in [2.45, 2.75) is 161 Å². The summed E-state index contributed by atoms with van der Waals surface area (Å²) in [4.78, 5) is 118. The Hall–Kier alpha value is -10.1. The van der Waals surface area contributed by atoms with Gasteiger partial charge in [0, 0.05) is 138 Å². The van der Waals surface area contributed by atoms with Gasteiger partial charge in [0.1, 0.15) is 17.8 Å². The van der Waals surface area contributed by atoms with Gasteiger partial charge in [0.05, 0.1) is 29.1 Å². The standard InChI is InChI=1S/C42H50N8O4.C41H48N8O5/c1-26-19-28(20-33-25-43-47-40(26)33)21-38(44-42(54)50-15-7-29(8-16-50)35-22-31-5-3-4-6-32(31)23-39(35)52)41(53)49-17-11-34(12-18-49)48-13-9-30(10-14-48)37-24-36(27(2)51)45-46-37;1-25-18-26(19-31-24-42-46-38(25)31)20-35(43-41(54)49-14-6-27(7-15-49)33-21-29-4-2-3-5-30(29)22-37(33)50)39(51)48-16-10-32(11-17-48)47-12-8-28(9-13-47)34-23-36(40(52)53)45-44-34/h3-6,19-20,22,25,29-30,34,38H,7-18,21,23-24H2,1-2H3,(H,43,47)(H,44,54);2-5,18-19,21,24,27-28,32,35H,6-17,20,22-23H2,1H3,(H,42,46)(H,43,54)(H,52,53)/t38-;35-/m11/s1. The maximum Gasteiger partial charge on any atom is 0.352 e. The molecule has 0 radical (unpaired) electrons. The van der Waals surface area contributed by atoms with Crippen LogP contribution in [0.2, 0.25) is 0 Å². The number of aromatic amines is 2. The lowest BCUT2D eigenvalue weighted by Crippen LogP contribution is -2.56. The molecule has 10 aliphatic rings. The van der Waals surface area contributed by atoms with E-state index in [2.05, 4.69) is 91.6 Å². The molecule has 108 heavy (non-hydrogen) atoms. The number of fused-ring (bicyclic) bond motifs is 4. The highest BCUT2D eigenvalue weighted by molar-refractivity contribution is 6.43. The number of allylic oxidation sites excluding steroid dienone is 2. The molecular weight excluding hydrogens is 1370 g/mol. The number of Topliss-reactive ketones (excluding diaryl/α,β-unsaturated/α-hetero) is 3. The van der Waals surface area contributed by atoms with E-state index in [1.807, 2.05) is 83.2 Å². The largest absolute Gasteiger partial charge is 0.477 e. The molecule has 6 fully saturated rings. The molecule has 2 atom stereocenters. The first-order valence-electron chi connectivity index (χ1n) is 39.1. The number of aliphatic carboxylic acids is 1. The van der Waals surface area contributed by atoms with E-state index >= 15 is 0 Å². The third-order valence-electron chi connectivity index (χ3n) is 24.7. The first kappa shape index (κ1) is 73.4. The number of amides is 6. The minimum absolute atomic E-state index is 0.00165. The number of piperidine rings is 6. The van der Waals surface area contributed by atoms with Gasteiger partial charge in [-0.2, -0.15) is 25.5 Å². The maximum atomic E-state index is 14.3. The van der Waals surface area contributed by atoms with Crippen molar-refractivity contribution in [1.29, 1.82) is 0 Å². The number of nitrogens with zero attached hydrogens (tertiary/aromatic N) is 12. The molecule has 5 N–H and O–H groups in total. The Morgan fingerprint density at radius 3 is 1.24 bits per heavy atom. The van der Waals surface area contributed by atoms with Crippen molar-refractivity contribution in [2.24, 2.45) is 44.1 Å². The predicted octanol–water partition coefficient (Wildman–Crippen LogP) is 9.31. The zero-order valence-electron chi connectivity index (χ0n) is 62.1. The molecule has 0 saturated carbocycles. The van der Waals surface area contributed by atoms with Crippen LogP contribution < -0.4 is 10.6 Å². The number of likely N-dealkylation sites (tertiary alicyclic amines) is 6. The molecule has 564 valence electrons. The highest BCUT2D eigenvalue weighted by atomic mass is 16.4. The zero-order chi connectivity index (χ0) is 74.7. The van der Waals surface area contributed by atoms with Gasteiger partial charge in [-0.05, 0) is 209 Å². The molecule has 10 heterocycles. The van der Waals surface area contributed by atoms with Crippen LogP contribution in [0, 0.1) is 37.5 Å². The fourth-order valence-corrected chi connectivity index (χ4v) is 18.4. The maximum absolute atomic E-state index is 14.3. The molecule has 16 rings (SSSR count). The first-order valence-corrected chi connectivity index (χ1v) is 39.1. The molecular formula is C83H98N16O9. The molecule has 0 unspecified atom stereocenters. The molecule has 25 nitrogen and oxygen atoms in total. The Kier molecular flexibility index (Phi) is 22.0. The second-order valence-corrected chi connectivity index (χ2v) is 31.5. The number of H-pyrrole nitrogens is 2. The summed E-state index contributed by atoms with van der Waals surface area (Å²) < 4.78 is 0. The van der Waals surface area contributed by atoms with Gasteiger partial charge in [-0.1, -0.05) is 60.7 Å². The topological polar surface area (TPSA) is 307 Å². The second kappa shape index (κ2) is 32.4. The van der Waals surface area contributed by atoms with E-state index in [1.54, 1.807) is 24.2 Å². The van der Waals surface area contributed by atoms with Gasteiger partial charge in [0.2, 0.25) is 11.8 Å². The number of hydrogen-bond acceptors (Lipinski definition) is 16. The summed E-state index contributed by atoms with van der Waals surface area (Å²) in [6, 6.07) is 23.2. The summed E-state index contributed by atoms with van der Waals surface area (Å²) in [5.74, 6) is 0.102. The van der Waals surface area contributed by atoms with Gasteiger partial charge in [0.25, 0.3) is 0 Å². The molecule has 2 aliphatic carbocycles. The Labute approximate surface area is 628 Å². The van der Waals surface area contributed by atoms with Crippen molar-refractivity contribution < 1.29 is 43.5 Å². The van der Waals surface area contributed by atoms with Gasteiger partial charge in [-0.25, -0.2) is 14.4 Å². The summed E-state index contributed by atoms with van der Waals surface area (Å²) in [6.45, 7) is 14.0. The van der Waals surface area contributed by atoms with Crippen LogP contribution in [-0.4, -0.2) is 228 Å². The van der Waals surface area contributed by atoms with E-state index < -0.39 is 18.1 Å². The molecule has 0 spiro atoms. The fraction of sp³-hybridized carbons (Fsp3) is 0.494. The summed E-state index contributed by atoms with van der Waals surface area (Å²) in [5.41, 5.74) is 14.7. The number of benzene rings is 4. The first-order chi connectivity index (χ1) is 52.4. The molecule has 0 bridgehead atoms. The fourth-order valence-electron chi connectivity index (χ4n) is 18.4. The molecule has 8 aliphatic heterocycles. The lowest BCUT2D eigenvalue weighted by molar-refractivity contribution is -0.135. The highest BCUT2D eigenvalue weighted by Crippen LogP contribution is 2.36. The van der Waals surface area contributed by atoms with Gasteiger partial charge < -0.3 is 45.1 Å². The number of nitrogens with one attached hydrogen (secondary N) is 4. The van der Waals surface area contributed by atoms with E-state index in [-0.39, 0.29) is 64.7 Å². The van der Waals surface area contributed by atoms with Crippen LogP contribution in [0.15, 0.2) is 117 Å². The number of ketones is 3. The van der Waals surface area contributed by atoms with Crippen LogP contribution in [0.1, 0.15) is 141 Å². The van der Waals surface area contributed by atoms with Crippen molar-refractivity contribution in [3.05, 3.63) is 141 Å². The lowest BCUT2D eigenvalue weighted by Gasteiger charge is -2.42. The van der Waals surface area contributed by atoms with Crippen LogP contribution in [0.3, 0.4) is 0 Å². The van der Waals surface area contributed by atoms with Gasteiger partial charge in [-0.3, -0.25) is 34.2 Å². The summed E-state index contributed by atoms with van der Waals surface area (Å²) >= 11 is 0. The van der Waals surface area contributed by atoms with Gasteiger partial charge >= 0.3 is 18.0 Å². The van der Waals surface area contributed by atoms with E-state index in [1.165, 1.54) is 0 Å².